The topological polar surface area (TPSA) is 27.1 Å². The summed E-state index contributed by atoms with van der Waals surface area (Å²) in [6, 6.07) is 6.13. The number of hydrogen-bond donors (Lipinski definition) is 0. The molecular formula is C14H17BrN2O. The fraction of sp³-hybridized carbons (Fsp3) is 0.357. The summed E-state index contributed by atoms with van der Waals surface area (Å²) in [5.41, 5.74) is 2.29. The Morgan fingerprint density at radius 1 is 1.39 bits per heavy atom. The first-order chi connectivity index (χ1) is 8.56. The summed E-state index contributed by atoms with van der Waals surface area (Å²) < 4.78 is 8.74. The van der Waals surface area contributed by atoms with E-state index in [1.165, 1.54) is 5.56 Å². The zero-order valence-electron chi connectivity index (χ0n) is 10.9. The second-order valence-electron chi connectivity index (χ2n) is 4.65. The zero-order valence-corrected chi connectivity index (χ0v) is 12.4. The fourth-order valence-corrected chi connectivity index (χ4v) is 2.19. The van der Waals surface area contributed by atoms with Gasteiger partial charge in [-0.1, -0.05) is 29.8 Å². The van der Waals surface area contributed by atoms with Crippen LogP contribution in [0.4, 0.5) is 0 Å². The molecule has 3 nitrogen and oxygen atoms in total. The summed E-state index contributed by atoms with van der Waals surface area (Å²) in [7, 11) is 1.91. The maximum absolute atomic E-state index is 5.88. The first-order valence-corrected chi connectivity index (χ1v) is 6.75. The summed E-state index contributed by atoms with van der Waals surface area (Å²) >= 11 is 3.50. The van der Waals surface area contributed by atoms with Crippen molar-refractivity contribution in [3.8, 4) is 5.75 Å². The molecule has 0 fully saturated rings. The Morgan fingerprint density at radius 3 is 2.78 bits per heavy atom. The van der Waals surface area contributed by atoms with Gasteiger partial charge < -0.3 is 4.74 Å². The minimum atomic E-state index is 0.436. The predicted octanol–water partition coefficient (Wildman–Crippen LogP) is 3.89. The number of halogens is 1. The standard InChI is InChI=1S/C14H17BrN2O/c1-10(2)13-6-12(15)4-5-14(13)18-9-11-7-16-17(3)8-11/h4-8,10H,9H2,1-3H3. The molecule has 0 aliphatic rings. The molecule has 0 aliphatic heterocycles. The number of aromatic nitrogens is 2. The zero-order chi connectivity index (χ0) is 13.1. The number of rotatable bonds is 4. The van der Waals surface area contributed by atoms with Crippen molar-refractivity contribution in [3.05, 3.63) is 46.2 Å². The third-order valence-corrected chi connectivity index (χ3v) is 3.24. The molecule has 0 saturated heterocycles. The Labute approximate surface area is 116 Å². The van der Waals surface area contributed by atoms with Gasteiger partial charge >= 0.3 is 0 Å². The number of nitrogens with zero attached hydrogens (tertiary/aromatic N) is 2. The highest BCUT2D eigenvalue weighted by Gasteiger charge is 2.09. The molecule has 1 heterocycles. The van der Waals surface area contributed by atoms with Crippen molar-refractivity contribution in [3.63, 3.8) is 0 Å². The summed E-state index contributed by atoms with van der Waals surface area (Å²) in [6.07, 6.45) is 3.79. The number of benzene rings is 1. The van der Waals surface area contributed by atoms with Crippen LogP contribution in [0.2, 0.25) is 0 Å². The smallest absolute Gasteiger partial charge is 0.123 e. The lowest BCUT2D eigenvalue weighted by Gasteiger charge is -2.14. The summed E-state index contributed by atoms with van der Waals surface area (Å²) in [4.78, 5) is 0. The van der Waals surface area contributed by atoms with E-state index in [0.29, 0.717) is 12.5 Å². The van der Waals surface area contributed by atoms with Gasteiger partial charge in [0.1, 0.15) is 12.4 Å². The van der Waals surface area contributed by atoms with Crippen molar-refractivity contribution >= 4 is 15.9 Å². The highest BCUT2D eigenvalue weighted by Crippen LogP contribution is 2.30. The molecular weight excluding hydrogens is 292 g/mol. The maximum Gasteiger partial charge on any atom is 0.123 e. The van der Waals surface area contributed by atoms with E-state index in [0.717, 1.165) is 15.8 Å². The Morgan fingerprint density at radius 2 is 2.17 bits per heavy atom. The van der Waals surface area contributed by atoms with Crippen LogP contribution in [0.3, 0.4) is 0 Å². The molecule has 4 heteroatoms. The van der Waals surface area contributed by atoms with E-state index in [1.807, 2.05) is 31.6 Å². The van der Waals surface area contributed by atoms with Gasteiger partial charge in [0.25, 0.3) is 0 Å². The molecule has 2 aromatic rings. The highest BCUT2D eigenvalue weighted by atomic mass is 79.9. The van der Waals surface area contributed by atoms with Crippen molar-refractivity contribution in [1.82, 2.24) is 9.78 Å². The van der Waals surface area contributed by atoms with Crippen molar-refractivity contribution in [2.75, 3.05) is 0 Å². The van der Waals surface area contributed by atoms with Crippen LogP contribution in [-0.2, 0) is 13.7 Å². The van der Waals surface area contributed by atoms with Gasteiger partial charge in [0.15, 0.2) is 0 Å². The molecule has 0 radical (unpaired) electrons. The highest BCUT2D eigenvalue weighted by molar-refractivity contribution is 9.10. The Balaban J connectivity index is 2.13. The second kappa shape index (κ2) is 5.57. The first kappa shape index (κ1) is 13.1. The molecule has 0 N–H and O–H groups in total. The lowest BCUT2D eigenvalue weighted by atomic mass is 10.0. The Hall–Kier alpha value is -1.29. The molecule has 0 saturated carbocycles. The third-order valence-electron chi connectivity index (χ3n) is 2.75. The van der Waals surface area contributed by atoms with Gasteiger partial charge in [-0.25, -0.2) is 0 Å². The molecule has 2 rings (SSSR count). The largest absolute Gasteiger partial charge is 0.488 e. The van der Waals surface area contributed by atoms with Crippen LogP contribution in [0.25, 0.3) is 0 Å². The van der Waals surface area contributed by atoms with Gasteiger partial charge in [-0.05, 0) is 29.7 Å². The SMILES string of the molecule is CC(C)c1cc(Br)ccc1OCc1cnn(C)c1. The molecule has 0 bridgehead atoms. The molecule has 0 atom stereocenters. The first-order valence-electron chi connectivity index (χ1n) is 5.96. The molecule has 0 aliphatic carbocycles. The van der Waals surface area contributed by atoms with Crippen molar-refractivity contribution in [2.24, 2.45) is 7.05 Å². The van der Waals surface area contributed by atoms with Crippen LogP contribution >= 0.6 is 15.9 Å². The van der Waals surface area contributed by atoms with E-state index in [2.05, 4.69) is 40.9 Å². The predicted molar refractivity (Wildman–Crippen MR) is 75.8 cm³/mol. The van der Waals surface area contributed by atoms with Gasteiger partial charge in [0.05, 0.1) is 6.20 Å². The minimum absolute atomic E-state index is 0.436. The van der Waals surface area contributed by atoms with Crippen LogP contribution in [0.15, 0.2) is 35.1 Å². The molecule has 0 spiro atoms. The number of aryl methyl sites for hydroxylation is 1. The van der Waals surface area contributed by atoms with Crippen LogP contribution < -0.4 is 4.74 Å². The third kappa shape index (κ3) is 3.13. The average Bonchev–Trinajstić information content (AvgIpc) is 2.73. The summed E-state index contributed by atoms with van der Waals surface area (Å²) in [5, 5.41) is 4.13. The molecule has 1 aromatic carbocycles. The van der Waals surface area contributed by atoms with Gasteiger partial charge in [0.2, 0.25) is 0 Å². The van der Waals surface area contributed by atoms with Gasteiger partial charge in [-0.3, -0.25) is 4.68 Å². The lowest BCUT2D eigenvalue weighted by molar-refractivity contribution is 0.301. The van der Waals surface area contributed by atoms with Crippen LogP contribution in [-0.4, -0.2) is 9.78 Å². The summed E-state index contributed by atoms with van der Waals surface area (Å²) in [5.74, 6) is 1.38. The molecule has 96 valence electrons. The second-order valence-corrected chi connectivity index (χ2v) is 5.56. The summed E-state index contributed by atoms with van der Waals surface area (Å²) in [6.45, 7) is 4.88. The van der Waals surface area contributed by atoms with Gasteiger partial charge in [-0.2, -0.15) is 5.10 Å². The molecule has 0 amide bonds. The van der Waals surface area contributed by atoms with Crippen LogP contribution in [0.1, 0.15) is 30.9 Å². The maximum atomic E-state index is 5.88. The fourth-order valence-electron chi connectivity index (χ4n) is 1.81. The van der Waals surface area contributed by atoms with Gasteiger partial charge in [-0.15, -0.1) is 0 Å². The normalized spacial score (nSPS) is 10.9. The van der Waals surface area contributed by atoms with E-state index in [4.69, 9.17) is 4.74 Å². The van der Waals surface area contributed by atoms with Crippen LogP contribution in [0.5, 0.6) is 5.75 Å². The Bertz CT molecular complexity index is 534. The average molecular weight is 309 g/mol. The van der Waals surface area contributed by atoms with E-state index in [1.54, 1.807) is 4.68 Å². The quantitative estimate of drug-likeness (QED) is 0.857. The van der Waals surface area contributed by atoms with E-state index in [-0.39, 0.29) is 0 Å². The van der Waals surface area contributed by atoms with Crippen molar-refractivity contribution < 1.29 is 4.74 Å². The Kier molecular flexibility index (Phi) is 4.07. The van der Waals surface area contributed by atoms with E-state index >= 15 is 0 Å². The van der Waals surface area contributed by atoms with E-state index < -0.39 is 0 Å². The molecule has 0 unspecified atom stereocenters. The van der Waals surface area contributed by atoms with Gasteiger partial charge in [0, 0.05) is 23.3 Å². The molecule has 18 heavy (non-hydrogen) atoms. The van der Waals surface area contributed by atoms with Crippen molar-refractivity contribution in [2.45, 2.75) is 26.4 Å². The van der Waals surface area contributed by atoms with Crippen molar-refractivity contribution in [1.29, 1.82) is 0 Å². The lowest BCUT2D eigenvalue weighted by Crippen LogP contribution is -1.99. The van der Waals surface area contributed by atoms with E-state index in [9.17, 15) is 0 Å². The number of hydrogen-bond acceptors (Lipinski definition) is 2. The number of ether oxygens (including phenoxy) is 1. The minimum Gasteiger partial charge on any atom is -0.488 e. The molecule has 1 aromatic heterocycles. The van der Waals surface area contributed by atoms with Crippen LogP contribution in [0, 0.1) is 0 Å². The monoisotopic (exact) mass is 308 g/mol.